The van der Waals surface area contributed by atoms with Crippen LogP contribution in [0.1, 0.15) is 65.7 Å². The van der Waals surface area contributed by atoms with E-state index in [0.29, 0.717) is 12.1 Å². The number of hydrogen-bond acceptors (Lipinski definition) is 2. The molecule has 2 aliphatic rings. The lowest BCUT2D eigenvalue weighted by Crippen LogP contribution is -2.58. The second-order valence-corrected chi connectivity index (χ2v) is 6.83. The van der Waals surface area contributed by atoms with Gasteiger partial charge in [-0.05, 0) is 44.1 Å². The van der Waals surface area contributed by atoms with Gasteiger partial charge in [0.05, 0.1) is 0 Å². The van der Waals surface area contributed by atoms with Crippen molar-refractivity contribution in [1.82, 2.24) is 4.90 Å². The number of hydrogen-bond donors (Lipinski definition) is 1. The van der Waals surface area contributed by atoms with E-state index in [0.717, 1.165) is 17.9 Å². The first-order valence-corrected chi connectivity index (χ1v) is 8.14. The summed E-state index contributed by atoms with van der Waals surface area (Å²) in [4.78, 5) is 2.76. The van der Waals surface area contributed by atoms with Crippen LogP contribution in [0.4, 0.5) is 0 Å². The zero-order valence-corrected chi connectivity index (χ0v) is 12.6. The zero-order valence-electron chi connectivity index (χ0n) is 12.6. The molecule has 0 aromatic heterocycles. The Labute approximate surface area is 113 Å². The molecule has 18 heavy (non-hydrogen) atoms. The van der Waals surface area contributed by atoms with E-state index in [2.05, 4.69) is 25.7 Å². The summed E-state index contributed by atoms with van der Waals surface area (Å²) in [6.07, 6.45) is 9.68. The van der Waals surface area contributed by atoms with Gasteiger partial charge in [0.1, 0.15) is 0 Å². The van der Waals surface area contributed by atoms with Crippen molar-refractivity contribution in [2.75, 3.05) is 6.54 Å². The molecule has 4 unspecified atom stereocenters. The molecule has 0 amide bonds. The maximum absolute atomic E-state index is 6.50. The van der Waals surface area contributed by atoms with Gasteiger partial charge >= 0.3 is 0 Å². The summed E-state index contributed by atoms with van der Waals surface area (Å²) in [6, 6.07) is 1.84. The molecule has 2 nitrogen and oxygen atoms in total. The summed E-state index contributed by atoms with van der Waals surface area (Å²) >= 11 is 0. The normalized spacial score (nSPS) is 39.2. The van der Waals surface area contributed by atoms with Crippen molar-refractivity contribution >= 4 is 0 Å². The maximum atomic E-state index is 6.50. The first-order chi connectivity index (χ1) is 8.63. The summed E-state index contributed by atoms with van der Waals surface area (Å²) in [5.41, 5.74) is 6.50. The third-order valence-corrected chi connectivity index (χ3v) is 5.26. The van der Waals surface area contributed by atoms with Gasteiger partial charge in [-0.3, -0.25) is 4.90 Å². The quantitative estimate of drug-likeness (QED) is 0.834. The molecule has 0 aromatic carbocycles. The van der Waals surface area contributed by atoms with Gasteiger partial charge in [-0.25, -0.2) is 0 Å². The standard InChI is InChI=1S/C16H32N2/c1-4-18(14-8-6-5-7-9-14)16-13(3)10-12(2)11-15(16)17/h12-16H,4-11,17H2,1-3H3. The Kier molecular flexibility index (Phi) is 5.08. The lowest BCUT2D eigenvalue weighted by Gasteiger charge is -2.48. The fraction of sp³-hybridized carbons (Fsp3) is 1.00. The molecular weight excluding hydrogens is 220 g/mol. The molecule has 0 aliphatic heterocycles. The average Bonchev–Trinajstić information content (AvgIpc) is 2.34. The van der Waals surface area contributed by atoms with Gasteiger partial charge in [0, 0.05) is 18.1 Å². The minimum Gasteiger partial charge on any atom is -0.326 e. The Morgan fingerprint density at radius 1 is 1.06 bits per heavy atom. The Bertz CT molecular complexity index is 235. The van der Waals surface area contributed by atoms with Crippen LogP contribution in [-0.4, -0.2) is 29.6 Å². The van der Waals surface area contributed by atoms with Crippen LogP contribution < -0.4 is 5.73 Å². The minimum atomic E-state index is 0.394. The molecule has 0 aromatic rings. The number of rotatable bonds is 3. The number of likely N-dealkylation sites (N-methyl/N-ethyl adjacent to an activating group) is 1. The van der Waals surface area contributed by atoms with Gasteiger partial charge in [-0.15, -0.1) is 0 Å². The van der Waals surface area contributed by atoms with Gasteiger partial charge in [0.15, 0.2) is 0 Å². The third kappa shape index (κ3) is 3.08. The highest BCUT2D eigenvalue weighted by Gasteiger charge is 2.37. The molecular formula is C16H32N2. The summed E-state index contributed by atoms with van der Waals surface area (Å²) in [5.74, 6) is 1.59. The van der Waals surface area contributed by atoms with Crippen LogP contribution in [0.3, 0.4) is 0 Å². The molecule has 2 aliphatic carbocycles. The van der Waals surface area contributed by atoms with E-state index >= 15 is 0 Å². The van der Waals surface area contributed by atoms with Crippen LogP contribution in [0.25, 0.3) is 0 Å². The van der Waals surface area contributed by atoms with Crippen LogP contribution in [-0.2, 0) is 0 Å². The summed E-state index contributed by atoms with van der Waals surface area (Å²) in [6.45, 7) is 8.29. The minimum absolute atomic E-state index is 0.394. The third-order valence-electron chi connectivity index (χ3n) is 5.26. The molecule has 2 rings (SSSR count). The lowest BCUT2D eigenvalue weighted by molar-refractivity contribution is 0.0318. The zero-order chi connectivity index (χ0) is 13.1. The highest BCUT2D eigenvalue weighted by atomic mass is 15.2. The largest absolute Gasteiger partial charge is 0.326 e. The van der Waals surface area contributed by atoms with Crippen molar-refractivity contribution in [3.05, 3.63) is 0 Å². The molecule has 2 N–H and O–H groups in total. The molecule has 0 saturated heterocycles. The van der Waals surface area contributed by atoms with Crippen molar-refractivity contribution in [3.63, 3.8) is 0 Å². The highest BCUT2D eigenvalue weighted by Crippen LogP contribution is 2.34. The van der Waals surface area contributed by atoms with E-state index in [9.17, 15) is 0 Å². The van der Waals surface area contributed by atoms with E-state index in [1.54, 1.807) is 0 Å². The van der Waals surface area contributed by atoms with E-state index in [1.165, 1.54) is 51.5 Å². The first-order valence-electron chi connectivity index (χ1n) is 8.14. The van der Waals surface area contributed by atoms with E-state index in [1.807, 2.05) is 0 Å². The van der Waals surface area contributed by atoms with Crippen LogP contribution in [0, 0.1) is 11.8 Å². The maximum Gasteiger partial charge on any atom is 0.0275 e. The van der Waals surface area contributed by atoms with Gasteiger partial charge in [-0.1, -0.05) is 40.0 Å². The predicted octanol–water partition coefficient (Wildman–Crippen LogP) is 3.40. The SMILES string of the molecule is CCN(C1CCCCC1)C1C(C)CC(C)CC1N. The molecule has 0 bridgehead atoms. The molecule has 0 radical (unpaired) electrons. The Morgan fingerprint density at radius 3 is 2.28 bits per heavy atom. The first kappa shape index (κ1) is 14.3. The van der Waals surface area contributed by atoms with Crippen LogP contribution in [0.15, 0.2) is 0 Å². The van der Waals surface area contributed by atoms with E-state index in [-0.39, 0.29) is 0 Å². The van der Waals surface area contributed by atoms with E-state index < -0.39 is 0 Å². The van der Waals surface area contributed by atoms with Crippen LogP contribution in [0.2, 0.25) is 0 Å². The smallest absolute Gasteiger partial charge is 0.0275 e. The lowest BCUT2D eigenvalue weighted by atomic mass is 9.75. The van der Waals surface area contributed by atoms with Crippen molar-refractivity contribution in [2.45, 2.75) is 83.8 Å². The second-order valence-electron chi connectivity index (χ2n) is 6.83. The average molecular weight is 252 g/mol. The fourth-order valence-electron chi connectivity index (χ4n) is 4.59. The number of nitrogens with zero attached hydrogens (tertiary/aromatic N) is 1. The summed E-state index contributed by atoms with van der Waals surface area (Å²) < 4.78 is 0. The molecule has 0 spiro atoms. The van der Waals surface area contributed by atoms with Crippen molar-refractivity contribution in [3.8, 4) is 0 Å². The summed E-state index contributed by atoms with van der Waals surface area (Å²) in [7, 11) is 0. The fourth-order valence-corrected chi connectivity index (χ4v) is 4.59. The van der Waals surface area contributed by atoms with Crippen molar-refractivity contribution in [1.29, 1.82) is 0 Å². The Morgan fingerprint density at radius 2 is 1.72 bits per heavy atom. The van der Waals surface area contributed by atoms with Crippen LogP contribution in [0.5, 0.6) is 0 Å². The highest BCUT2D eigenvalue weighted by molar-refractivity contribution is 4.94. The van der Waals surface area contributed by atoms with Gasteiger partial charge in [0.2, 0.25) is 0 Å². The van der Waals surface area contributed by atoms with Gasteiger partial charge in [-0.2, -0.15) is 0 Å². The monoisotopic (exact) mass is 252 g/mol. The number of nitrogens with two attached hydrogens (primary N) is 1. The Hall–Kier alpha value is -0.0800. The topological polar surface area (TPSA) is 29.3 Å². The second kappa shape index (κ2) is 6.38. The Balaban J connectivity index is 2.05. The molecule has 2 heteroatoms. The van der Waals surface area contributed by atoms with E-state index in [4.69, 9.17) is 5.73 Å². The molecule has 0 heterocycles. The summed E-state index contributed by atoms with van der Waals surface area (Å²) in [5, 5.41) is 0. The van der Waals surface area contributed by atoms with Gasteiger partial charge in [0.25, 0.3) is 0 Å². The van der Waals surface area contributed by atoms with Crippen molar-refractivity contribution in [2.24, 2.45) is 17.6 Å². The molecule has 2 fully saturated rings. The molecule has 2 saturated carbocycles. The van der Waals surface area contributed by atoms with Crippen molar-refractivity contribution < 1.29 is 0 Å². The molecule has 4 atom stereocenters. The van der Waals surface area contributed by atoms with Gasteiger partial charge < -0.3 is 5.73 Å². The predicted molar refractivity (Wildman–Crippen MR) is 78.6 cm³/mol. The van der Waals surface area contributed by atoms with Crippen LogP contribution >= 0.6 is 0 Å². The molecule has 106 valence electrons.